The van der Waals surface area contributed by atoms with Crippen molar-refractivity contribution >= 4 is 5.91 Å². The smallest absolute Gasteiger partial charge is 0.273 e. The van der Waals surface area contributed by atoms with Crippen LogP contribution in [0.5, 0.6) is 0 Å². The molecule has 1 rings (SSSR count). The normalized spacial score (nSPS) is 10.9. The molecule has 3 N–H and O–H groups in total. The van der Waals surface area contributed by atoms with Gasteiger partial charge in [-0.3, -0.25) is 14.7 Å². The average molecular weight is 197 g/mol. The van der Waals surface area contributed by atoms with E-state index in [1.165, 1.54) is 6.07 Å². The Hall–Kier alpha value is -1.36. The maximum absolute atomic E-state index is 11.5. The highest BCUT2D eigenvalue weighted by Gasteiger charge is 2.11. The first kappa shape index (κ1) is 10.7. The minimum absolute atomic E-state index is 0.218. The number of aromatic nitrogens is 2. The first-order valence-electron chi connectivity index (χ1n) is 4.58. The topological polar surface area (TPSA) is 80.9 Å². The van der Waals surface area contributed by atoms with E-state index in [0.29, 0.717) is 12.1 Å². The van der Waals surface area contributed by atoms with E-state index >= 15 is 0 Å². The highest BCUT2D eigenvalue weighted by Crippen LogP contribution is 2.01. The van der Waals surface area contributed by atoms with Crippen LogP contribution in [0.15, 0.2) is 10.9 Å². The second-order valence-corrected chi connectivity index (χ2v) is 3.65. The molecule has 0 radical (unpaired) electrons. The Kier molecular flexibility index (Phi) is 3.24. The quantitative estimate of drug-likeness (QED) is 0.732. The summed E-state index contributed by atoms with van der Waals surface area (Å²) in [7, 11) is 0. The van der Waals surface area contributed by atoms with Gasteiger partial charge in [-0.2, -0.15) is 4.68 Å². The summed E-state index contributed by atoms with van der Waals surface area (Å²) in [5.74, 6) is 0.0173. The monoisotopic (exact) mass is 197 g/mol. The van der Waals surface area contributed by atoms with E-state index in [9.17, 15) is 9.59 Å². The van der Waals surface area contributed by atoms with Crippen molar-refractivity contribution < 1.29 is 4.79 Å². The molecule has 14 heavy (non-hydrogen) atoms. The van der Waals surface area contributed by atoms with Gasteiger partial charge in [-0.05, 0) is 5.92 Å². The fraction of sp³-hybridized carbons (Fsp3) is 0.556. The molecule has 0 amide bonds. The highest BCUT2D eigenvalue weighted by molar-refractivity contribution is 5.77. The molecule has 0 bridgehead atoms. The Morgan fingerprint density at radius 2 is 2.29 bits per heavy atom. The number of H-pyrrole nitrogens is 1. The van der Waals surface area contributed by atoms with Crippen LogP contribution in [0.2, 0.25) is 0 Å². The third-order valence-electron chi connectivity index (χ3n) is 1.83. The second-order valence-electron chi connectivity index (χ2n) is 3.65. The summed E-state index contributed by atoms with van der Waals surface area (Å²) in [6.07, 6.45) is 0.352. The van der Waals surface area contributed by atoms with Crippen molar-refractivity contribution in [3.05, 3.63) is 22.1 Å². The molecular weight excluding hydrogens is 182 g/mol. The van der Waals surface area contributed by atoms with Crippen LogP contribution in [-0.4, -0.2) is 15.7 Å². The maximum Gasteiger partial charge on any atom is 0.273 e. The minimum atomic E-state index is -0.337. The van der Waals surface area contributed by atoms with Crippen molar-refractivity contribution in [3.8, 4) is 0 Å². The van der Waals surface area contributed by atoms with Crippen LogP contribution >= 0.6 is 0 Å². The zero-order valence-corrected chi connectivity index (χ0v) is 8.41. The molecule has 78 valence electrons. The van der Waals surface area contributed by atoms with Crippen molar-refractivity contribution in [3.63, 3.8) is 0 Å². The van der Waals surface area contributed by atoms with Gasteiger partial charge in [0, 0.05) is 19.0 Å². The Labute approximate surface area is 81.9 Å². The lowest BCUT2D eigenvalue weighted by Gasteiger charge is -2.03. The summed E-state index contributed by atoms with van der Waals surface area (Å²) in [5, 5.41) is 2.67. The van der Waals surface area contributed by atoms with Crippen LogP contribution in [-0.2, 0) is 6.54 Å². The van der Waals surface area contributed by atoms with Gasteiger partial charge < -0.3 is 5.73 Å². The third-order valence-corrected chi connectivity index (χ3v) is 1.83. The van der Waals surface area contributed by atoms with Gasteiger partial charge in [0.05, 0.1) is 5.69 Å². The molecule has 0 aromatic carbocycles. The summed E-state index contributed by atoms with van der Waals surface area (Å²) in [6.45, 7) is 4.09. The van der Waals surface area contributed by atoms with Crippen LogP contribution in [0.4, 0.5) is 0 Å². The van der Waals surface area contributed by atoms with E-state index in [2.05, 4.69) is 5.10 Å². The maximum atomic E-state index is 11.5. The standard InChI is InChI=1S/C9H15N3O2/c1-6(2)3-8(13)12-9(14)4-7(5-10)11-12/h4,6,11H,3,5,10H2,1-2H3. The number of aromatic amines is 1. The molecule has 0 aliphatic rings. The van der Waals surface area contributed by atoms with Crippen LogP contribution in [0.3, 0.4) is 0 Å². The molecule has 0 aliphatic carbocycles. The van der Waals surface area contributed by atoms with E-state index in [1.807, 2.05) is 13.8 Å². The van der Waals surface area contributed by atoms with E-state index in [-0.39, 0.29) is 23.9 Å². The lowest BCUT2D eigenvalue weighted by Crippen LogP contribution is -2.25. The first-order valence-corrected chi connectivity index (χ1v) is 4.58. The van der Waals surface area contributed by atoms with Crippen molar-refractivity contribution in [2.24, 2.45) is 11.7 Å². The molecule has 1 heterocycles. The van der Waals surface area contributed by atoms with Gasteiger partial charge >= 0.3 is 0 Å². The van der Waals surface area contributed by atoms with Crippen molar-refractivity contribution in [1.82, 2.24) is 9.78 Å². The van der Waals surface area contributed by atoms with Crippen LogP contribution in [0.25, 0.3) is 0 Å². The van der Waals surface area contributed by atoms with Gasteiger partial charge in [0.1, 0.15) is 0 Å². The summed E-state index contributed by atoms with van der Waals surface area (Å²) >= 11 is 0. The van der Waals surface area contributed by atoms with Gasteiger partial charge in [0.25, 0.3) is 5.56 Å². The van der Waals surface area contributed by atoms with E-state index in [4.69, 9.17) is 5.73 Å². The fourth-order valence-electron chi connectivity index (χ4n) is 1.17. The summed E-state index contributed by atoms with van der Waals surface area (Å²) < 4.78 is 1.02. The van der Waals surface area contributed by atoms with Gasteiger partial charge in [0.15, 0.2) is 0 Å². The highest BCUT2D eigenvalue weighted by atomic mass is 16.2. The predicted molar refractivity (Wildman–Crippen MR) is 53.0 cm³/mol. The third kappa shape index (κ3) is 2.32. The van der Waals surface area contributed by atoms with Gasteiger partial charge in [-0.1, -0.05) is 13.8 Å². The molecule has 1 aromatic rings. The molecule has 0 saturated carbocycles. The molecule has 5 heteroatoms. The van der Waals surface area contributed by atoms with Crippen LogP contribution < -0.4 is 11.3 Å². The molecule has 0 atom stereocenters. The number of rotatable bonds is 3. The average Bonchev–Trinajstić information content (AvgIpc) is 2.45. The van der Waals surface area contributed by atoms with Gasteiger partial charge in [-0.25, -0.2) is 0 Å². The first-order chi connectivity index (χ1) is 6.54. The Bertz CT molecular complexity index is 376. The number of hydrogen-bond donors (Lipinski definition) is 2. The Morgan fingerprint density at radius 1 is 1.64 bits per heavy atom. The predicted octanol–water partition coefficient (Wildman–Crippen LogP) is 0.321. The van der Waals surface area contributed by atoms with Crippen molar-refractivity contribution in [2.45, 2.75) is 26.8 Å². The minimum Gasteiger partial charge on any atom is -0.325 e. The number of nitrogens with one attached hydrogen (secondary N) is 1. The van der Waals surface area contributed by atoms with Crippen LogP contribution in [0.1, 0.15) is 30.8 Å². The Balaban J connectivity index is 2.90. The largest absolute Gasteiger partial charge is 0.325 e. The molecule has 0 aliphatic heterocycles. The van der Waals surface area contributed by atoms with Crippen molar-refractivity contribution in [1.29, 1.82) is 0 Å². The van der Waals surface area contributed by atoms with Crippen molar-refractivity contribution in [2.75, 3.05) is 0 Å². The molecule has 0 unspecified atom stereocenters. The number of nitrogens with two attached hydrogens (primary N) is 1. The molecule has 0 saturated heterocycles. The lowest BCUT2D eigenvalue weighted by atomic mass is 10.1. The molecule has 1 aromatic heterocycles. The van der Waals surface area contributed by atoms with E-state index in [0.717, 1.165) is 4.68 Å². The van der Waals surface area contributed by atoms with E-state index in [1.54, 1.807) is 0 Å². The summed E-state index contributed by atoms with van der Waals surface area (Å²) in [5.41, 5.74) is 5.58. The lowest BCUT2D eigenvalue weighted by molar-refractivity contribution is 0.0866. The summed E-state index contributed by atoms with van der Waals surface area (Å²) in [4.78, 5) is 22.8. The number of carbonyl (C=O) groups excluding carboxylic acids is 1. The SMILES string of the molecule is CC(C)CC(=O)n1[nH]c(CN)cc1=O. The molecule has 5 nitrogen and oxygen atoms in total. The second kappa shape index (κ2) is 4.23. The number of nitrogens with zero attached hydrogens (tertiary/aromatic N) is 1. The number of carbonyl (C=O) groups is 1. The summed E-state index contributed by atoms with van der Waals surface area (Å²) in [6, 6.07) is 1.35. The number of hydrogen-bond acceptors (Lipinski definition) is 3. The van der Waals surface area contributed by atoms with Gasteiger partial charge in [0.2, 0.25) is 5.91 Å². The molecule has 0 fully saturated rings. The van der Waals surface area contributed by atoms with Crippen LogP contribution in [0, 0.1) is 5.92 Å². The Morgan fingerprint density at radius 3 is 2.71 bits per heavy atom. The molecular formula is C9H15N3O2. The van der Waals surface area contributed by atoms with E-state index < -0.39 is 0 Å². The zero-order chi connectivity index (χ0) is 10.7. The molecule has 0 spiro atoms. The van der Waals surface area contributed by atoms with Gasteiger partial charge in [-0.15, -0.1) is 0 Å². The zero-order valence-electron chi connectivity index (χ0n) is 8.41. The fourth-order valence-corrected chi connectivity index (χ4v) is 1.17.